The van der Waals surface area contributed by atoms with Crippen LogP contribution in [0.15, 0.2) is 30.3 Å². The van der Waals surface area contributed by atoms with Crippen LogP contribution >= 0.6 is 19.4 Å². The number of benzene rings is 1. The summed E-state index contributed by atoms with van der Waals surface area (Å²) < 4.78 is 51.6. The average molecular weight is 380 g/mol. The minimum atomic E-state index is -4.73. The molecule has 0 N–H and O–H groups in total. The van der Waals surface area contributed by atoms with Gasteiger partial charge in [-0.3, -0.25) is 9.32 Å². The van der Waals surface area contributed by atoms with Crippen molar-refractivity contribution >= 4 is 24.5 Å². The fourth-order valence-corrected chi connectivity index (χ4v) is 4.28. The number of hydrogen-bond acceptors (Lipinski definition) is 5. The van der Waals surface area contributed by atoms with E-state index in [1.165, 1.54) is 26.0 Å². The number of carbonyl (C=O) groups is 1. The molecule has 1 rings (SSSR count). The minimum absolute atomic E-state index is 0.0458. The molecular formula is C16H23F2O4PS. The second kappa shape index (κ2) is 9.54. The molecule has 24 heavy (non-hydrogen) atoms. The van der Waals surface area contributed by atoms with Crippen LogP contribution in [0.3, 0.4) is 0 Å². The molecule has 0 bridgehead atoms. The van der Waals surface area contributed by atoms with E-state index in [2.05, 4.69) is 0 Å². The first kappa shape index (κ1) is 21.1. The third kappa shape index (κ3) is 5.87. The number of thioether (sulfide) groups is 1. The fraction of sp³-hybridized carbons (Fsp3) is 0.562. The van der Waals surface area contributed by atoms with Crippen LogP contribution in [0, 0.1) is 5.92 Å². The van der Waals surface area contributed by atoms with Crippen molar-refractivity contribution < 1.29 is 27.2 Å². The minimum Gasteiger partial charge on any atom is -0.421 e. The van der Waals surface area contributed by atoms with Crippen molar-refractivity contribution in [3.63, 3.8) is 0 Å². The van der Waals surface area contributed by atoms with Gasteiger partial charge in [0.2, 0.25) is 0 Å². The van der Waals surface area contributed by atoms with Gasteiger partial charge >= 0.3 is 13.3 Å². The average Bonchev–Trinajstić information content (AvgIpc) is 2.52. The molecular weight excluding hydrogens is 357 g/mol. The zero-order valence-electron chi connectivity index (χ0n) is 14.0. The Morgan fingerprint density at radius 2 is 1.92 bits per heavy atom. The fourth-order valence-electron chi connectivity index (χ4n) is 1.70. The molecule has 1 aromatic rings. The van der Waals surface area contributed by atoms with E-state index < -0.39 is 19.2 Å². The predicted molar refractivity (Wildman–Crippen MR) is 92.8 cm³/mol. The SMILES string of the molecule is CCCC(=O)SCCOP(=O)(Oc1ccccc1)C(F)(F)C(C)C. The van der Waals surface area contributed by atoms with Gasteiger partial charge in [-0.05, 0) is 18.6 Å². The summed E-state index contributed by atoms with van der Waals surface area (Å²) in [6, 6.07) is 7.74. The molecule has 8 heteroatoms. The lowest BCUT2D eigenvalue weighted by Crippen LogP contribution is -2.28. The van der Waals surface area contributed by atoms with Crippen LogP contribution in [0.5, 0.6) is 5.75 Å². The van der Waals surface area contributed by atoms with E-state index in [0.717, 1.165) is 11.8 Å². The van der Waals surface area contributed by atoms with Gasteiger partial charge < -0.3 is 4.52 Å². The Kier molecular flexibility index (Phi) is 8.40. The van der Waals surface area contributed by atoms with E-state index >= 15 is 0 Å². The van der Waals surface area contributed by atoms with Gasteiger partial charge in [-0.2, -0.15) is 8.78 Å². The lowest BCUT2D eigenvalue weighted by molar-refractivity contribution is -0.111. The van der Waals surface area contributed by atoms with Crippen molar-refractivity contribution in [2.45, 2.75) is 39.3 Å². The molecule has 0 aliphatic carbocycles. The van der Waals surface area contributed by atoms with Crippen molar-refractivity contribution in [3.8, 4) is 5.75 Å². The first-order chi connectivity index (χ1) is 11.2. The Morgan fingerprint density at radius 1 is 1.29 bits per heavy atom. The number of para-hydroxylation sites is 1. The molecule has 0 aliphatic heterocycles. The predicted octanol–water partition coefficient (Wildman–Crippen LogP) is 5.58. The van der Waals surface area contributed by atoms with Crippen LogP contribution in [0.25, 0.3) is 0 Å². The summed E-state index contributed by atoms with van der Waals surface area (Å²) in [5, 5.41) is -0.0458. The van der Waals surface area contributed by atoms with Crippen LogP contribution in [0.4, 0.5) is 8.78 Å². The maximum Gasteiger partial charge on any atom is 0.448 e. The first-order valence-corrected chi connectivity index (χ1v) is 10.3. The van der Waals surface area contributed by atoms with Crippen molar-refractivity contribution in [1.82, 2.24) is 0 Å². The third-order valence-electron chi connectivity index (χ3n) is 3.09. The summed E-state index contributed by atoms with van der Waals surface area (Å²) in [5.74, 6) is -1.02. The van der Waals surface area contributed by atoms with Gasteiger partial charge in [0.15, 0.2) is 5.12 Å². The zero-order chi connectivity index (χ0) is 18.2. The number of halogens is 2. The topological polar surface area (TPSA) is 52.6 Å². The second-order valence-corrected chi connectivity index (χ2v) is 8.63. The summed E-state index contributed by atoms with van der Waals surface area (Å²) in [5.41, 5.74) is -3.64. The first-order valence-electron chi connectivity index (χ1n) is 7.75. The number of carbonyl (C=O) groups excluding carboxylic acids is 1. The monoisotopic (exact) mass is 380 g/mol. The summed E-state index contributed by atoms with van der Waals surface area (Å²) in [4.78, 5) is 11.4. The molecule has 0 aromatic heterocycles. The smallest absolute Gasteiger partial charge is 0.421 e. The molecule has 136 valence electrons. The largest absolute Gasteiger partial charge is 0.448 e. The Balaban J connectivity index is 2.79. The van der Waals surface area contributed by atoms with Gasteiger partial charge in [0.05, 0.1) is 6.61 Å². The highest BCUT2D eigenvalue weighted by Gasteiger charge is 2.57. The van der Waals surface area contributed by atoms with Gasteiger partial charge in [-0.1, -0.05) is 50.7 Å². The lowest BCUT2D eigenvalue weighted by Gasteiger charge is -2.29. The van der Waals surface area contributed by atoms with E-state index in [-0.39, 0.29) is 23.2 Å². The molecule has 1 atom stereocenters. The van der Waals surface area contributed by atoms with Crippen LogP contribution in [0.1, 0.15) is 33.6 Å². The Bertz CT molecular complexity index is 566. The van der Waals surface area contributed by atoms with Crippen molar-refractivity contribution in [2.24, 2.45) is 5.92 Å². The molecule has 0 radical (unpaired) electrons. The summed E-state index contributed by atoms with van der Waals surface area (Å²) in [7, 11) is -4.73. The van der Waals surface area contributed by atoms with Gasteiger partial charge in [0.25, 0.3) is 0 Å². The van der Waals surface area contributed by atoms with Crippen molar-refractivity contribution in [3.05, 3.63) is 30.3 Å². The van der Waals surface area contributed by atoms with Crippen LogP contribution in [-0.2, 0) is 13.9 Å². The number of rotatable bonds is 10. The molecule has 0 amide bonds. The van der Waals surface area contributed by atoms with E-state index in [1.807, 2.05) is 6.92 Å². The summed E-state index contributed by atoms with van der Waals surface area (Å²) >= 11 is 0.982. The molecule has 0 spiro atoms. The molecule has 1 unspecified atom stereocenters. The zero-order valence-corrected chi connectivity index (χ0v) is 15.7. The van der Waals surface area contributed by atoms with Crippen LogP contribution in [-0.4, -0.2) is 23.1 Å². The van der Waals surface area contributed by atoms with Gasteiger partial charge in [0, 0.05) is 18.1 Å². The summed E-state index contributed by atoms with van der Waals surface area (Å²) in [6.07, 6.45) is 1.12. The van der Waals surface area contributed by atoms with Gasteiger partial charge in [-0.15, -0.1) is 0 Å². The molecule has 0 saturated heterocycles. The maximum absolute atomic E-state index is 14.4. The Hall–Kier alpha value is -0.910. The molecule has 0 saturated carbocycles. The van der Waals surface area contributed by atoms with Crippen LogP contribution < -0.4 is 4.52 Å². The number of hydrogen-bond donors (Lipinski definition) is 0. The standard InChI is InChI=1S/C16H23F2O4PS/c1-4-8-15(19)24-12-11-21-23(20,16(17,18)13(2)3)22-14-9-6-5-7-10-14/h5-7,9-10,13H,4,8,11-12H2,1-3H3. The quantitative estimate of drug-likeness (QED) is 0.392. The van der Waals surface area contributed by atoms with Gasteiger partial charge in [0.1, 0.15) is 5.75 Å². The van der Waals surface area contributed by atoms with Gasteiger partial charge in [-0.25, -0.2) is 4.57 Å². The molecule has 0 aliphatic rings. The normalized spacial score (nSPS) is 14.4. The van der Waals surface area contributed by atoms with Crippen LogP contribution in [0.2, 0.25) is 0 Å². The molecule has 1 aromatic carbocycles. The molecule has 4 nitrogen and oxygen atoms in total. The van der Waals surface area contributed by atoms with Crippen molar-refractivity contribution in [1.29, 1.82) is 0 Å². The Morgan fingerprint density at radius 3 is 2.46 bits per heavy atom. The van der Waals surface area contributed by atoms with E-state index in [0.29, 0.717) is 12.8 Å². The summed E-state index contributed by atoms with van der Waals surface area (Å²) in [6.45, 7) is 4.13. The Labute approximate surface area is 145 Å². The van der Waals surface area contributed by atoms with Crippen molar-refractivity contribution in [2.75, 3.05) is 12.4 Å². The number of alkyl halides is 2. The third-order valence-corrected chi connectivity index (χ3v) is 6.21. The molecule has 0 heterocycles. The lowest BCUT2D eigenvalue weighted by atomic mass is 10.2. The van der Waals surface area contributed by atoms with E-state index in [4.69, 9.17) is 9.05 Å². The molecule has 0 fully saturated rings. The maximum atomic E-state index is 14.4. The van der Waals surface area contributed by atoms with E-state index in [9.17, 15) is 18.1 Å². The highest BCUT2D eigenvalue weighted by molar-refractivity contribution is 8.13. The highest BCUT2D eigenvalue weighted by atomic mass is 32.2. The highest BCUT2D eigenvalue weighted by Crippen LogP contribution is 2.64. The van der Waals surface area contributed by atoms with E-state index in [1.54, 1.807) is 18.2 Å². The second-order valence-electron chi connectivity index (χ2n) is 5.45.